The molecule has 0 bridgehead atoms. The van der Waals surface area contributed by atoms with Crippen molar-refractivity contribution in [2.24, 2.45) is 5.41 Å². The third-order valence-corrected chi connectivity index (χ3v) is 3.90. The largest absolute Gasteiger partial charge is 0.378 e. The Morgan fingerprint density at radius 2 is 2.33 bits per heavy atom. The minimum atomic E-state index is 0.0546. The molecular formula is C12H19ClN4O. The molecule has 5 nitrogen and oxygen atoms in total. The van der Waals surface area contributed by atoms with Crippen LogP contribution in [0.4, 0.5) is 11.8 Å². The second-order valence-corrected chi connectivity index (χ2v) is 5.53. The summed E-state index contributed by atoms with van der Waals surface area (Å²) >= 11 is 6.04. The van der Waals surface area contributed by atoms with Gasteiger partial charge in [0.15, 0.2) is 5.82 Å². The molecule has 1 aliphatic carbocycles. The normalized spacial score (nSPS) is 25.6. The van der Waals surface area contributed by atoms with E-state index in [2.05, 4.69) is 29.1 Å². The third kappa shape index (κ3) is 2.37. The van der Waals surface area contributed by atoms with Crippen LogP contribution in [0.2, 0.25) is 5.02 Å². The van der Waals surface area contributed by atoms with Crippen molar-refractivity contribution in [2.75, 3.05) is 17.7 Å². The standard InChI is InChI=1S/C12H19ClN4O/c1-4-18-9-5-8(12(9,2)3)16-10-7(13)6-15-11(14)17-10/h6,8-9H,4-5H2,1-3H3,(H3,14,15,16,17). The van der Waals surface area contributed by atoms with E-state index in [0.717, 1.165) is 13.0 Å². The first-order valence-corrected chi connectivity index (χ1v) is 6.49. The smallest absolute Gasteiger partial charge is 0.222 e. The number of hydrogen-bond acceptors (Lipinski definition) is 5. The van der Waals surface area contributed by atoms with E-state index in [1.807, 2.05) is 6.92 Å². The maximum absolute atomic E-state index is 6.04. The van der Waals surface area contributed by atoms with E-state index < -0.39 is 0 Å². The maximum atomic E-state index is 6.04. The number of rotatable bonds is 4. The summed E-state index contributed by atoms with van der Waals surface area (Å²) in [6.45, 7) is 7.10. The van der Waals surface area contributed by atoms with Crippen LogP contribution in [0.3, 0.4) is 0 Å². The van der Waals surface area contributed by atoms with E-state index in [1.165, 1.54) is 6.20 Å². The maximum Gasteiger partial charge on any atom is 0.222 e. The number of nitrogens with one attached hydrogen (secondary N) is 1. The summed E-state index contributed by atoms with van der Waals surface area (Å²) in [5.74, 6) is 0.817. The molecular weight excluding hydrogens is 252 g/mol. The van der Waals surface area contributed by atoms with Gasteiger partial charge in [0.1, 0.15) is 5.02 Å². The van der Waals surface area contributed by atoms with Gasteiger partial charge in [-0.2, -0.15) is 4.98 Å². The van der Waals surface area contributed by atoms with Gasteiger partial charge in [0, 0.05) is 18.1 Å². The molecule has 3 N–H and O–H groups in total. The highest BCUT2D eigenvalue weighted by atomic mass is 35.5. The van der Waals surface area contributed by atoms with E-state index in [9.17, 15) is 0 Å². The molecule has 1 aliphatic rings. The van der Waals surface area contributed by atoms with Gasteiger partial charge in [0.2, 0.25) is 5.95 Å². The monoisotopic (exact) mass is 270 g/mol. The highest BCUT2D eigenvalue weighted by Crippen LogP contribution is 2.44. The quantitative estimate of drug-likeness (QED) is 0.878. The van der Waals surface area contributed by atoms with Crippen LogP contribution in [0, 0.1) is 5.41 Å². The summed E-state index contributed by atoms with van der Waals surface area (Å²) in [6, 6.07) is 0.279. The number of nitrogens with zero attached hydrogens (tertiary/aromatic N) is 2. The lowest BCUT2D eigenvalue weighted by Gasteiger charge is -2.51. The Kier molecular flexibility index (Phi) is 3.64. The van der Waals surface area contributed by atoms with Crippen LogP contribution in [-0.4, -0.2) is 28.7 Å². The van der Waals surface area contributed by atoms with E-state index >= 15 is 0 Å². The molecule has 0 saturated heterocycles. The van der Waals surface area contributed by atoms with Crippen molar-refractivity contribution in [2.45, 2.75) is 39.3 Å². The van der Waals surface area contributed by atoms with Crippen molar-refractivity contribution in [3.05, 3.63) is 11.2 Å². The number of aromatic nitrogens is 2. The number of nitrogens with two attached hydrogens (primary N) is 1. The molecule has 1 aromatic rings. The van der Waals surface area contributed by atoms with E-state index in [0.29, 0.717) is 10.8 Å². The van der Waals surface area contributed by atoms with Crippen molar-refractivity contribution in [3.63, 3.8) is 0 Å². The van der Waals surface area contributed by atoms with Gasteiger partial charge in [-0.05, 0) is 13.3 Å². The van der Waals surface area contributed by atoms with Gasteiger partial charge in [0.25, 0.3) is 0 Å². The zero-order valence-corrected chi connectivity index (χ0v) is 11.7. The van der Waals surface area contributed by atoms with Crippen LogP contribution in [0.1, 0.15) is 27.2 Å². The molecule has 1 heterocycles. The van der Waals surface area contributed by atoms with Gasteiger partial charge < -0.3 is 15.8 Å². The summed E-state index contributed by atoms with van der Waals surface area (Å²) < 4.78 is 5.68. The van der Waals surface area contributed by atoms with Crippen LogP contribution in [-0.2, 0) is 4.74 Å². The molecule has 1 aromatic heterocycles. The van der Waals surface area contributed by atoms with Crippen molar-refractivity contribution in [1.29, 1.82) is 0 Å². The fraction of sp³-hybridized carbons (Fsp3) is 0.667. The summed E-state index contributed by atoms with van der Waals surface area (Å²) in [7, 11) is 0. The second kappa shape index (κ2) is 4.90. The van der Waals surface area contributed by atoms with Gasteiger partial charge in [-0.15, -0.1) is 0 Å². The zero-order valence-electron chi connectivity index (χ0n) is 10.9. The van der Waals surface area contributed by atoms with Crippen LogP contribution in [0.15, 0.2) is 6.20 Å². The molecule has 18 heavy (non-hydrogen) atoms. The molecule has 0 aromatic carbocycles. The predicted molar refractivity (Wildman–Crippen MR) is 72.7 cm³/mol. The number of hydrogen-bond donors (Lipinski definition) is 2. The molecule has 2 unspecified atom stereocenters. The van der Waals surface area contributed by atoms with Crippen molar-refractivity contribution in [3.8, 4) is 0 Å². The molecule has 2 rings (SSSR count). The summed E-state index contributed by atoms with van der Waals surface area (Å²) in [6.07, 6.45) is 2.73. The first kappa shape index (κ1) is 13.4. The third-order valence-electron chi connectivity index (χ3n) is 3.62. The highest BCUT2D eigenvalue weighted by molar-refractivity contribution is 6.32. The average molecular weight is 271 g/mol. The number of anilines is 2. The molecule has 0 aliphatic heterocycles. The zero-order chi connectivity index (χ0) is 13.3. The first-order valence-electron chi connectivity index (χ1n) is 6.11. The minimum Gasteiger partial charge on any atom is -0.378 e. The molecule has 0 amide bonds. The SMILES string of the molecule is CCOC1CC(Nc2nc(N)ncc2Cl)C1(C)C. The van der Waals surface area contributed by atoms with E-state index in [1.54, 1.807) is 0 Å². The summed E-state index contributed by atoms with van der Waals surface area (Å²) in [4.78, 5) is 7.96. The van der Waals surface area contributed by atoms with Crippen molar-refractivity contribution in [1.82, 2.24) is 9.97 Å². The minimum absolute atomic E-state index is 0.0546. The van der Waals surface area contributed by atoms with Crippen molar-refractivity contribution < 1.29 is 4.74 Å². The van der Waals surface area contributed by atoms with Crippen LogP contribution >= 0.6 is 11.6 Å². The van der Waals surface area contributed by atoms with Gasteiger partial charge in [-0.3, -0.25) is 0 Å². The lowest BCUT2D eigenvalue weighted by Crippen LogP contribution is -2.58. The topological polar surface area (TPSA) is 73.1 Å². The van der Waals surface area contributed by atoms with Gasteiger partial charge in [-0.25, -0.2) is 4.98 Å². The molecule has 6 heteroatoms. The Morgan fingerprint density at radius 3 is 2.94 bits per heavy atom. The Bertz CT molecular complexity index is 438. The molecule has 0 radical (unpaired) electrons. The Hall–Kier alpha value is -1.07. The van der Waals surface area contributed by atoms with Gasteiger partial charge >= 0.3 is 0 Å². The molecule has 1 saturated carbocycles. The molecule has 0 spiro atoms. The van der Waals surface area contributed by atoms with Crippen molar-refractivity contribution >= 4 is 23.4 Å². The van der Waals surface area contributed by atoms with Crippen LogP contribution < -0.4 is 11.1 Å². The number of ether oxygens (including phenoxy) is 1. The first-order chi connectivity index (χ1) is 8.45. The lowest BCUT2D eigenvalue weighted by molar-refractivity contribution is -0.0976. The summed E-state index contributed by atoms with van der Waals surface area (Å²) in [5, 5.41) is 3.81. The van der Waals surface area contributed by atoms with E-state index in [-0.39, 0.29) is 23.5 Å². The Labute approximate surface area is 112 Å². The predicted octanol–water partition coefficient (Wildman–Crippen LogP) is 2.33. The second-order valence-electron chi connectivity index (χ2n) is 5.12. The van der Waals surface area contributed by atoms with Crippen LogP contribution in [0.5, 0.6) is 0 Å². The Balaban J connectivity index is 2.05. The molecule has 100 valence electrons. The van der Waals surface area contributed by atoms with E-state index in [4.69, 9.17) is 22.1 Å². The van der Waals surface area contributed by atoms with Gasteiger partial charge in [0.05, 0.1) is 12.3 Å². The number of nitrogen functional groups attached to an aromatic ring is 1. The summed E-state index contributed by atoms with van der Waals surface area (Å²) in [5.41, 5.74) is 5.61. The lowest BCUT2D eigenvalue weighted by atomic mass is 9.64. The number of halogens is 1. The van der Waals surface area contributed by atoms with Gasteiger partial charge in [-0.1, -0.05) is 25.4 Å². The average Bonchev–Trinajstić information content (AvgIpc) is 2.32. The van der Waals surface area contributed by atoms with Crippen LogP contribution in [0.25, 0.3) is 0 Å². The highest BCUT2D eigenvalue weighted by Gasteiger charge is 2.49. The fourth-order valence-electron chi connectivity index (χ4n) is 2.26. The molecule has 1 fully saturated rings. The molecule has 2 atom stereocenters. The fourth-order valence-corrected chi connectivity index (χ4v) is 2.41. The Morgan fingerprint density at radius 1 is 1.61 bits per heavy atom.